The second-order valence-corrected chi connectivity index (χ2v) is 8.21. The fourth-order valence-electron chi connectivity index (χ4n) is 2.55. The summed E-state index contributed by atoms with van der Waals surface area (Å²) >= 11 is 0. The van der Waals surface area contributed by atoms with E-state index in [1.54, 1.807) is 0 Å². The molecule has 1 atom stereocenters. The SMILES string of the molecule is CC(C)N(CP(OCCC#N)N(C(C)C)C(C)C)C(C)C. The predicted octanol–water partition coefficient (Wildman–Crippen LogP) is 4.42. The smallest absolute Gasteiger partial charge is 0.119 e. The fraction of sp³-hybridized carbons (Fsp3) is 0.938. The summed E-state index contributed by atoms with van der Waals surface area (Å²) in [7, 11) is -0.711. The van der Waals surface area contributed by atoms with Crippen molar-refractivity contribution in [2.75, 3.05) is 12.9 Å². The minimum Gasteiger partial charge on any atom is -0.341 e. The zero-order valence-electron chi connectivity index (χ0n) is 15.1. The van der Waals surface area contributed by atoms with Gasteiger partial charge in [0.1, 0.15) is 8.30 Å². The molecule has 0 aliphatic heterocycles. The summed E-state index contributed by atoms with van der Waals surface area (Å²) in [5.41, 5.74) is 0. The lowest BCUT2D eigenvalue weighted by Gasteiger charge is -2.41. The van der Waals surface area contributed by atoms with E-state index in [0.717, 1.165) is 6.29 Å². The van der Waals surface area contributed by atoms with Crippen molar-refractivity contribution in [1.82, 2.24) is 9.57 Å². The Morgan fingerprint density at radius 2 is 1.38 bits per heavy atom. The number of nitrogens with zero attached hydrogens (tertiary/aromatic N) is 3. The lowest BCUT2D eigenvalue weighted by molar-refractivity contribution is 0.184. The van der Waals surface area contributed by atoms with Crippen LogP contribution in [0.5, 0.6) is 0 Å². The van der Waals surface area contributed by atoms with Gasteiger partial charge in [-0.25, -0.2) is 0 Å². The van der Waals surface area contributed by atoms with Gasteiger partial charge in [0.25, 0.3) is 0 Å². The maximum absolute atomic E-state index is 8.75. The van der Waals surface area contributed by atoms with E-state index in [4.69, 9.17) is 9.79 Å². The first-order chi connectivity index (χ1) is 9.72. The molecule has 0 fully saturated rings. The number of nitriles is 1. The van der Waals surface area contributed by atoms with E-state index in [1.807, 2.05) is 0 Å². The summed E-state index contributed by atoms with van der Waals surface area (Å²) in [5.74, 6) is 0. The number of rotatable bonds is 10. The minimum absolute atomic E-state index is 0.444. The number of hydrogen-bond donors (Lipinski definition) is 0. The Bertz CT molecular complexity index is 297. The first kappa shape index (κ1) is 20.8. The normalized spacial score (nSPS) is 14.0. The van der Waals surface area contributed by atoms with Crippen molar-refractivity contribution in [3.05, 3.63) is 0 Å². The molecule has 0 aliphatic rings. The molecule has 0 rings (SSSR count). The van der Waals surface area contributed by atoms with Crippen molar-refractivity contribution in [2.45, 2.75) is 86.0 Å². The lowest BCUT2D eigenvalue weighted by atomic mass is 10.2. The molecule has 0 saturated carbocycles. The highest BCUT2D eigenvalue weighted by molar-refractivity contribution is 7.49. The van der Waals surface area contributed by atoms with Crippen LogP contribution in [0, 0.1) is 11.3 Å². The summed E-state index contributed by atoms with van der Waals surface area (Å²) in [4.78, 5) is 2.48. The van der Waals surface area contributed by atoms with E-state index < -0.39 is 8.30 Å². The van der Waals surface area contributed by atoms with Gasteiger partial charge >= 0.3 is 0 Å². The average molecular weight is 315 g/mol. The van der Waals surface area contributed by atoms with Crippen LogP contribution in [0.1, 0.15) is 61.8 Å². The Hall–Kier alpha value is -0.200. The molecule has 0 heterocycles. The van der Waals surface area contributed by atoms with Crippen LogP contribution in [0.25, 0.3) is 0 Å². The molecule has 0 spiro atoms. The van der Waals surface area contributed by atoms with E-state index in [-0.39, 0.29) is 0 Å². The largest absolute Gasteiger partial charge is 0.341 e. The molecule has 0 aromatic heterocycles. The van der Waals surface area contributed by atoms with Crippen molar-refractivity contribution in [3.8, 4) is 6.07 Å². The minimum atomic E-state index is -0.711. The van der Waals surface area contributed by atoms with E-state index in [0.29, 0.717) is 37.2 Å². The molecule has 124 valence electrons. The van der Waals surface area contributed by atoms with Gasteiger partial charge in [0.05, 0.1) is 25.4 Å². The van der Waals surface area contributed by atoms with Gasteiger partial charge in [0.15, 0.2) is 0 Å². The topological polar surface area (TPSA) is 39.5 Å². The Labute approximate surface area is 133 Å². The first-order valence-corrected chi connectivity index (χ1v) is 9.43. The third kappa shape index (κ3) is 7.56. The second-order valence-electron chi connectivity index (χ2n) is 6.50. The van der Waals surface area contributed by atoms with Crippen molar-refractivity contribution in [1.29, 1.82) is 5.26 Å². The monoisotopic (exact) mass is 315 g/mol. The Kier molecular flexibility index (Phi) is 10.4. The van der Waals surface area contributed by atoms with Gasteiger partial charge in [-0.3, -0.25) is 9.57 Å². The molecular weight excluding hydrogens is 281 g/mol. The molecule has 0 radical (unpaired) electrons. The molecule has 4 nitrogen and oxygen atoms in total. The quantitative estimate of drug-likeness (QED) is 0.442. The van der Waals surface area contributed by atoms with Crippen LogP contribution < -0.4 is 0 Å². The standard InChI is InChI=1S/C16H34N3OP/c1-13(2)18(14(3)4)12-21(20-11-9-10-17)19(15(5)6)16(7)8/h13-16H,9,11-12H2,1-8H3. The highest BCUT2D eigenvalue weighted by atomic mass is 31.2. The highest BCUT2D eigenvalue weighted by Crippen LogP contribution is 2.46. The van der Waals surface area contributed by atoms with Gasteiger partial charge in [0.2, 0.25) is 0 Å². The Balaban J connectivity index is 5.06. The maximum atomic E-state index is 8.75. The Morgan fingerprint density at radius 1 is 0.905 bits per heavy atom. The van der Waals surface area contributed by atoms with E-state index in [2.05, 4.69) is 71.0 Å². The van der Waals surface area contributed by atoms with Crippen LogP contribution in [0.15, 0.2) is 0 Å². The summed E-state index contributed by atoms with van der Waals surface area (Å²) in [6.07, 6.45) is 1.40. The Morgan fingerprint density at radius 3 is 1.71 bits per heavy atom. The van der Waals surface area contributed by atoms with Crippen molar-refractivity contribution in [2.24, 2.45) is 0 Å². The third-order valence-corrected chi connectivity index (χ3v) is 5.87. The van der Waals surface area contributed by atoms with Crippen LogP contribution in [0.2, 0.25) is 0 Å². The van der Waals surface area contributed by atoms with Gasteiger partial charge in [-0.1, -0.05) is 0 Å². The molecule has 0 saturated heterocycles. The van der Waals surface area contributed by atoms with E-state index in [1.165, 1.54) is 0 Å². The molecule has 1 unspecified atom stereocenters. The molecular formula is C16H34N3OP. The zero-order valence-corrected chi connectivity index (χ0v) is 16.0. The summed E-state index contributed by atoms with van der Waals surface area (Å²) in [5, 5.41) is 8.75. The van der Waals surface area contributed by atoms with Crippen LogP contribution in [0.4, 0.5) is 0 Å². The van der Waals surface area contributed by atoms with Gasteiger partial charge in [-0.05, 0) is 55.4 Å². The maximum Gasteiger partial charge on any atom is 0.119 e. The average Bonchev–Trinajstić information content (AvgIpc) is 2.33. The van der Waals surface area contributed by atoms with Crippen LogP contribution in [0.3, 0.4) is 0 Å². The second kappa shape index (κ2) is 10.5. The van der Waals surface area contributed by atoms with Crippen LogP contribution >= 0.6 is 8.30 Å². The highest BCUT2D eigenvalue weighted by Gasteiger charge is 2.28. The van der Waals surface area contributed by atoms with E-state index >= 15 is 0 Å². The zero-order chi connectivity index (χ0) is 16.6. The first-order valence-electron chi connectivity index (χ1n) is 8.03. The summed E-state index contributed by atoms with van der Waals surface area (Å²) in [6, 6.07) is 4.05. The van der Waals surface area contributed by atoms with Gasteiger partial charge in [-0.2, -0.15) is 5.26 Å². The summed E-state index contributed by atoms with van der Waals surface area (Å²) in [6.45, 7) is 18.3. The van der Waals surface area contributed by atoms with Crippen LogP contribution in [-0.4, -0.2) is 46.6 Å². The van der Waals surface area contributed by atoms with E-state index in [9.17, 15) is 0 Å². The number of hydrogen-bond acceptors (Lipinski definition) is 4. The molecule has 0 N–H and O–H groups in total. The van der Waals surface area contributed by atoms with Crippen molar-refractivity contribution >= 4 is 8.30 Å². The van der Waals surface area contributed by atoms with Gasteiger partial charge < -0.3 is 4.52 Å². The molecule has 0 amide bonds. The fourth-order valence-corrected chi connectivity index (χ4v) is 5.18. The third-order valence-electron chi connectivity index (χ3n) is 3.38. The lowest BCUT2D eigenvalue weighted by Crippen LogP contribution is -2.41. The molecule has 0 aromatic carbocycles. The van der Waals surface area contributed by atoms with Crippen molar-refractivity contribution < 1.29 is 4.52 Å². The predicted molar refractivity (Wildman–Crippen MR) is 92.2 cm³/mol. The molecule has 0 bridgehead atoms. The molecule has 0 aliphatic carbocycles. The van der Waals surface area contributed by atoms with Gasteiger partial charge in [0, 0.05) is 24.2 Å². The summed E-state index contributed by atoms with van der Waals surface area (Å²) < 4.78 is 8.59. The molecule has 5 heteroatoms. The van der Waals surface area contributed by atoms with Gasteiger partial charge in [-0.15, -0.1) is 0 Å². The van der Waals surface area contributed by atoms with Crippen molar-refractivity contribution in [3.63, 3.8) is 0 Å². The molecule has 0 aromatic rings. The van der Waals surface area contributed by atoms with Crippen LogP contribution in [-0.2, 0) is 4.52 Å². The molecule has 21 heavy (non-hydrogen) atoms.